The van der Waals surface area contributed by atoms with Crippen LogP contribution >= 0.6 is 11.6 Å². The van der Waals surface area contributed by atoms with Crippen LogP contribution in [0, 0.1) is 0 Å². The molecule has 0 saturated carbocycles. The Kier molecular flexibility index (Phi) is 4.58. The van der Waals surface area contributed by atoms with Crippen molar-refractivity contribution in [2.24, 2.45) is 0 Å². The molecule has 0 aliphatic heterocycles. The minimum atomic E-state index is -0.319. The van der Waals surface area contributed by atoms with Crippen LogP contribution in [0.25, 0.3) is 0 Å². The van der Waals surface area contributed by atoms with Crippen LogP contribution in [0.3, 0.4) is 0 Å². The molecule has 0 fully saturated rings. The van der Waals surface area contributed by atoms with Crippen molar-refractivity contribution in [1.29, 1.82) is 0 Å². The van der Waals surface area contributed by atoms with Crippen LogP contribution in [0.5, 0.6) is 5.75 Å². The molecule has 0 aromatic heterocycles. The molecule has 1 aromatic carbocycles. The zero-order chi connectivity index (χ0) is 12.1. The van der Waals surface area contributed by atoms with Gasteiger partial charge in [0.05, 0.1) is 19.3 Å². The van der Waals surface area contributed by atoms with Gasteiger partial charge in [0, 0.05) is 11.1 Å². The fraction of sp³-hybridized carbons (Fsp3) is 0.364. The fourth-order valence-electron chi connectivity index (χ4n) is 1.20. The van der Waals surface area contributed by atoms with E-state index in [1.54, 1.807) is 19.1 Å². The quantitative estimate of drug-likeness (QED) is 0.842. The Morgan fingerprint density at radius 2 is 2.31 bits per heavy atom. The van der Waals surface area contributed by atoms with E-state index in [4.69, 9.17) is 21.4 Å². The van der Waals surface area contributed by atoms with Gasteiger partial charge in [-0.05, 0) is 25.1 Å². The highest BCUT2D eigenvalue weighted by Gasteiger charge is 2.14. The molecule has 0 saturated heterocycles. The first-order valence-electron chi connectivity index (χ1n) is 4.83. The Labute approximate surface area is 99.2 Å². The maximum absolute atomic E-state index is 11.8. The maximum atomic E-state index is 11.8. The lowest BCUT2D eigenvalue weighted by molar-refractivity contribution is 0.0919. The van der Waals surface area contributed by atoms with Crippen molar-refractivity contribution >= 4 is 17.5 Å². The summed E-state index contributed by atoms with van der Waals surface area (Å²) in [5, 5.41) is 11.9. The summed E-state index contributed by atoms with van der Waals surface area (Å²) < 4.78 is 5.05. The summed E-state index contributed by atoms with van der Waals surface area (Å²) in [6.45, 7) is 1.59. The summed E-state index contributed by atoms with van der Waals surface area (Å²) in [6.07, 6.45) is 0. The summed E-state index contributed by atoms with van der Waals surface area (Å²) in [5.74, 6) is 0.132. The van der Waals surface area contributed by atoms with Gasteiger partial charge in [-0.3, -0.25) is 4.79 Å². The summed E-state index contributed by atoms with van der Waals surface area (Å²) in [7, 11) is 1.48. The number of methoxy groups -OCH3 is 1. The van der Waals surface area contributed by atoms with Gasteiger partial charge >= 0.3 is 0 Å². The number of amides is 1. The normalized spacial score (nSPS) is 12.0. The smallest absolute Gasteiger partial charge is 0.255 e. The van der Waals surface area contributed by atoms with Gasteiger partial charge < -0.3 is 15.2 Å². The van der Waals surface area contributed by atoms with E-state index < -0.39 is 0 Å². The fourth-order valence-corrected chi connectivity index (χ4v) is 1.38. The topological polar surface area (TPSA) is 58.6 Å². The highest BCUT2D eigenvalue weighted by Crippen LogP contribution is 2.22. The van der Waals surface area contributed by atoms with Crippen LogP contribution in [0.2, 0.25) is 5.02 Å². The van der Waals surface area contributed by atoms with Gasteiger partial charge in [-0.2, -0.15) is 0 Å². The molecule has 0 aliphatic rings. The van der Waals surface area contributed by atoms with E-state index in [1.165, 1.54) is 13.2 Å². The zero-order valence-electron chi connectivity index (χ0n) is 9.16. The number of benzene rings is 1. The first-order valence-corrected chi connectivity index (χ1v) is 5.21. The second-order valence-electron chi connectivity index (χ2n) is 3.40. The lowest BCUT2D eigenvalue weighted by Crippen LogP contribution is -2.35. The van der Waals surface area contributed by atoms with Crippen LogP contribution in [-0.2, 0) is 0 Å². The minimum Gasteiger partial charge on any atom is -0.496 e. The highest BCUT2D eigenvalue weighted by atomic mass is 35.5. The summed E-state index contributed by atoms with van der Waals surface area (Å²) in [6, 6.07) is 4.49. The van der Waals surface area contributed by atoms with Crippen molar-refractivity contribution in [1.82, 2.24) is 5.32 Å². The Morgan fingerprint density at radius 1 is 1.62 bits per heavy atom. The summed E-state index contributed by atoms with van der Waals surface area (Å²) in [5.41, 5.74) is 0.357. The van der Waals surface area contributed by atoms with Gasteiger partial charge in [-0.15, -0.1) is 0 Å². The molecule has 1 rings (SSSR count). The molecule has 0 heterocycles. The Morgan fingerprint density at radius 3 is 2.88 bits per heavy atom. The minimum absolute atomic E-state index is 0.116. The van der Waals surface area contributed by atoms with E-state index in [-0.39, 0.29) is 18.6 Å². The molecule has 5 heteroatoms. The van der Waals surface area contributed by atoms with Gasteiger partial charge in [0.25, 0.3) is 5.91 Å². The Balaban J connectivity index is 2.93. The van der Waals surface area contributed by atoms with Crippen LogP contribution in [-0.4, -0.2) is 30.8 Å². The molecule has 0 unspecified atom stereocenters. The number of nitrogens with one attached hydrogen (secondary N) is 1. The second-order valence-corrected chi connectivity index (χ2v) is 3.84. The predicted octanol–water partition coefficient (Wildman–Crippen LogP) is 1.46. The molecule has 16 heavy (non-hydrogen) atoms. The first kappa shape index (κ1) is 12.8. The molecule has 0 aliphatic carbocycles. The third kappa shape index (κ3) is 3.12. The number of halogens is 1. The van der Waals surface area contributed by atoms with E-state index in [0.29, 0.717) is 16.3 Å². The van der Waals surface area contributed by atoms with Gasteiger partial charge in [0.15, 0.2) is 0 Å². The van der Waals surface area contributed by atoms with Crippen LogP contribution < -0.4 is 10.1 Å². The molecule has 88 valence electrons. The zero-order valence-corrected chi connectivity index (χ0v) is 9.91. The molecule has 0 spiro atoms. The number of hydrogen-bond acceptors (Lipinski definition) is 3. The average Bonchev–Trinajstić information content (AvgIpc) is 2.28. The lowest BCUT2D eigenvalue weighted by atomic mass is 10.1. The van der Waals surface area contributed by atoms with Crippen molar-refractivity contribution in [3.8, 4) is 5.75 Å². The molecule has 0 bridgehead atoms. The van der Waals surface area contributed by atoms with E-state index in [9.17, 15) is 4.79 Å². The van der Waals surface area contributed by atoms with Gasteiger partial charge in [-0.25, -0.2) is 0 Å². The van der Waals surface area contributed by atoms with Gasteiger partial charge in [-0.1, -0.05) is 11.6 Å². The number of hydrogen-bond donors (Lipinski definition) is 2. The lowest BCUT2D eigenvalue weighted by Gasteiger charge is -2.13. The number of aliphatic hydroxyl groups is 1. The highest BCUT2D eigenvalue weighted by molar-refractivity contribution is 6.31. The van der Waals surface area contributed by atoms with Crippen molar-refractivity contribution in [2.75, 3.05) is 13.7 Å². The van der Waals surface area contributed by atoms with E-state index in [1.807, 2.05) is 0 Å². The molecule has 1 amide bonds. The number of rotatable bonds is 4. The average molecular weight is 244 g/mol. The van der Waals surface area contributed by atoms with E-state index in [0.717, 1.165) is 0 Å². The van der Waals surface area contributed by atoms with E-state index in [2.05, 4.69) is 5.32 Å². The third-order valence-electron chi connectivity index (χ3n) is 2.06. The second kappa shape index (κ2) is 5.72. The first-order chi connectivity index (χ1) is 7.58. The summed E-state index contributed by atoms with van der Waals surface area (Å²) in [4.78, 5) is 11.8. The Bertz CT molecular complexity index is 381. The molecule has 4 nitrogen and oxygen atoms in total. The van der Waals surface area contributed by atoms with Crippen LogP contribution in [0.15, 0.2) is 18.2 Å². The SMILES string of the molecule is COc1ccc(Cl)cc1C(=O)N[C@@H](C)CO. The summed E-state index contributed by atoms with van der Waals surface area (Å²) >= 11 is 5.80. The molecule has 2 N–H and O–H groups in total. The monoisotopic (exact) mass is 243 g/mol. The molecule has 1 aromatic rings. The maximum Gasteiger partial charge on any atom is 0.255 e. The molecular weight excluding hydrogens is 230 g/mol. The van der Waals surface area contributed by atoms with Crippen molar-refractivity contribution < 1.29 is 14.6 Å². The van der Waals surface area contributed by atoms with Crippen molar-refractivity contribution in [2.45, 2.75) is 13.0 Å². The predicted molar refractivity (Wildman–Crippen MR) is 62.0 cm³/mol. The van der Waals surface area contributed by atoms with Gasteiger partial charge in [0.2, 0.25) is 0 Å². The van der Waals surface area contributed by atoms with Crippen LogP contribution in [0.4, 0.5) is 0 Å². The molecular formula is C11H14ClNO3. The number of carbonyl (C=O) groups is 1. The van der Waals surface area contributed by atoms with Crippen LogP contribution in [0.1, 0.15) is 17.3 Å². The van der Waals surface area contributed by atoms with E-state index >= 15 is 0 Å². The van der Waals surface area contributed by atoms with Crippen molar-refractivity contribution in [3.63, 3.8) is 0 Å². The Hall–Kier alpha value is -1.26. The third-order valence-corrected chi connectivity index (χ3v) is 2.29. The number of carbonyl (C=O) groups excluding carboxylic acids is 1. The number of aliphatic hydroxyl groups excluding tert-OH is 1. The molecule has 1 atom stereocenters. The van der Waals surface area contributed by atoms with Gasteiger partial charge in [0.1, 0.15) is 5.75 Å². The molecule has 0 radical (unpaired) electrons. The largest absolute Gasteiger partial charge is 0.496 e. The standard InChI is InChI=1S/C11H14ClNO3/c1-7(6-14)13-11(15)9-5-8(12)3-4-10(9)16-2/h3-5,7,14H,6H2,1-2H3,(H,13,15)/t7-/m0/s1. The van der Waals surface area contributed by atoms with Crippen molar-refractivity contribution in [3.05, 3.63) is 28.8 Å². The number of ether oxygens (including phenoxy) is 1.